The number of nitrogens with zero attached hydrogens (tertiary/aromatic N) is 1. The van der Waals surface area contributed by atoms with E-state index in [1.165, 1.54) is 11.4 Å². The third-order valence-corrected chi connectivity index (χ3v) is 4.48. The molecule has 0 aliphatic heterocycles. The number of esters is 1. The van der Waals surface area contributed by atoms with Crippen molar-refractivity contribution in [1.82, 2.24) is 0 Å². The number of benzene rings is 2. The van der Waals surface area contributed by atoms with E-state index in [0.717, 1.165) is 0 Å². The van der Waals surface area contributed by atoms with E-state index in [1.807, 2.05) is 0 Å². The lowest BCUT2D eigenvalue weighted by molar-refractivity contribution is 0.0600. The molecule has 1 N–H and O–H groups in total. The van der Waals surface area contributed by atoms with Crippen LogP contribution in [0.2, 0.25) is 5.02 Å². The maximum absolute atomic E-state index is 11.7. The number of carbonyl (C=O) groups excluding carboxylic acids is 1. The number of hydrogen-bond acceptors (Lipinski definition) is 3. The van der Waals surface area contributed by atoms with Crippen LogP contribution in [0.3, 0.4) is 0 Å². The fraction of sp³-hybridized carbons (Fsp3) is 0.188. The fourth-order valence-electron chi connectivity index (χ4n) is 2.17. The Balaban J connectivity index is 2.36. The van der Waals surface area contributed by atoms with Gasteiger partial charge in [0, 0.05) is 5.02 Å². The van der Waals surface area contributed by atoms with Crippen LogP contribution in [0.15, 0.2) is 42.5 Å². The molecule has 1 atom stereocenters. The third kappa shape index (κ3) is 4.10. The molecule has 2 aromatic carbocycles. The largest absolute Gasteiger partial charge is 0.465 e. The molecule has 2 rings (SSSR count). The van der Waals surface area contributed by atoms with Crippen LogP contribution in [0.25, 0.3) is 0 Å². The Bertz CT molecular complexity index is 751. The minimum absolute atomic E-state index is 0.148. The molecule has 0 aliphatic rings. The van der Waals surface area contributed by atoms with Crippen molar-refractivity contribution >= 4 is 34.5 Å². The van der Waals surface area contributed by atoms with Gasteiger partial charge in [0.2, 0.25) is 0 Å². The van der Waals surface area contributed by atoms with Crippen LogP contribution >= 0.6 is 11.6 Å². The van der Waals surface area contributed by atoms with Gasteiger partial charge in [0.25, 0.3) is 11.3 Å². The highest BCUT2D eigenvalue weighted by molar-refractivity contribution is 7.80. The highest BCUT2D eigenvalue weighted by atomic mass is 35.5. The molecule has 0 aliphatic carbocycles. The number of methoxy groups -OCH3 is 1. The van der Waals surface area contributed by atoms with E-state index in [0.29, 0.717) is 27.4 Å². The van der Waals surface area contributed by atoms with Gasteiger partial charge in [-0.05, 0) is 42.3 Å². The standard InChI is InChI=1S/C16H16ClNO4S/c1-11-14(17)7-4-8-15(11)18(23(20)21)10-12-5-3-6-13(9-12)16(19)22-2/h3-9H,10H2,1-2H3,(H,20,21). The van der Waals surface area contributed by atoms with Gasteiger partial charge in [0.1, 0.15) is 0 Å². The molecule has 2 aromatic rings. The molecule has 5 nitrogen and oxygen atoms in total. The summed E-state index contributed by atoms with van der Waals surface area (Å²) in [5.41, 5.74) is 2.36. The molecule has 122 valence electrons. The zero-order valence-corrected chi connectivity index (χ0v) is 14.2. The molecular formula is C16H16ClNO4S. The van der Waals surface area contributed by atoms with Gasteiger partial charge in [-0.2, -0.15) is 0 Å². The average Bonchev–Trinajstić information content (AvgIpc) is 2.55. The number of ether oxygens (including phenoxy) is 1. The first-order chi connectivity index (χ1) is 10.9. The number of halogens is 1. The normalized spacial score (nSPS) is 11.8. The van der Waals surface area contributed by atoms with Crippen molar-refractivity contribution in [2.45, 2.75) is 13.5 Å². The highest BCUT2D eigenvalue weighted by Crippen LogP contribution is 2.28. The Hall–Kier alpha value is -1.89. The van der Waals surface area contributed by atoms with E-state index >= 15 is 0 Å². The van der Waals surface area contributed by atoms with Gasteiger partial charge >= 0.3 is 5.97 Å². The van der Waals surface area contributed by atoms with Crippen molar-refractivity contribution in [3.8, 4) is 0 Å². The number of hydrogen-bond donors (Lipinski definition) is 1. The van der Waals surface area contributed by atoms with E-state index in [4.69, 9.17) is 11.6 Å². The highest BCUT2D eigenvalue weighted by Gasteiger charge is 2.17. The molecule has 0 amide bonds. The molecule has 0 saturated heterocycles. The quantitative estimate of drug-likeness (QED) is 0.659. The molecule has 0 aromatic heterocycles. The molecule has 23 heavy (non-hydrogen) atoms. The van der Waals surface area contributed by atoms with Gasteiger partial charge in [-0.3, -0.25) is 8.86 Å². The van der Waals surface area contributed by atoms with Gasteiger partial charge in [-0.15, -0.1) is 0 Å². The molecule has 0 heterocycles. The zero-order valence-electron chi connectivity index (χ0n) is 12.7. The van der Waals surface area contributed by atoms with Crippen LogP contribution in [0, 0.1) is 6.92 Å². The first-order valence-electron chi connectivity index (χ1n) is 6.75. The summed E-state index contributed by atoms with van der Waals surface area (Å²) in [5.74, 6) is -0.456. The third-order valence-electron chi connectivity index (χ3n) is 3.37. The minimum atomic E-state index is -2.23. The van der Waals surface area contributed by atoms with Gasteiger partial charge in [-0.1, -0.05) is 29.8 Å². The van der Waals surface area contributed by atoms with Crippen LogP contribution in [0.4, 0.5) is 5.69 Å². The maximum atomic E-state index is 11.7. The smallest absolute Gasteiger partial charge is 0.337 e. The van der Waals surface area contributed by atoms with E-state index in [-0.39, 0.29) is 6.54 Å². The molecule has 0 saturated carbocycles. The lowest BCUT2D eigenvalue weighted by Crippen LogP contribution is -2.25. The maximum Gasteiger partial charge on any atom is 0.337 e. The molecular weight excluding hydrogens is 338 g/mol. The summed E-state index contributed by atoms with van der Waals surface area (Å²) in [7, 11) is 1.30. The Kier molecular flexibility index (Phi) is 5.76. The summed E-state index contributed by atoms with van der Waals surface area (Å²) in [5, 5.41) is 0.515. The summed E-state index contributed by atoms with van der Waals surface area (Å²) in [6.07, 6.45) is 0. The topological polar surface area (TPSA) is 66.8 Å². The van der Waals surface area contributed by atoms with Gasteiger partial charge in [-0.25, -0.2) is 9.00 Å². The molecule has 0 spiro atoms. The van der Waals surface area contributed by atoms with E-state index in [1.54, 1.807) is 49.4 Å². The predicted molar refractivity (Wildman–Crippen MR) is 90.9 cm³/mol. The van der Waals surface area contributed by atoms with Gasteiger partial charge < -0.3 is 4.74 Å². The predicted octanol–water partition coefficient (Wildman–Crippen LogP) is 3.58. The second-order valence-corrected chi connectivity index (χ2v) is 6.15. The number of rotatable bonds is 5. The first-order valence-corrected chi connectivity index (χ1v) is 8.19. The summed E-state index contributed by atoms with van der Waals surface area (Å²) in [6, 6.07) is 11.9. The molecule has 0 fully saturated rings. The Morgan fingerprint density at radius 3 is 2.65 bits per heavy atom. The van der Waals surface area contributed by atoms with Gasteiger partial charge in [0.05, 0.1) is 24.9 Å². The van der Waals surface area contributed by atoms with Crippen molar-refractivity contribution in [3.63, 3.8) is 0 Å². The van der Waals surface area contributed by atoms with Crippen molar-refractivity contribution in [1.29, 1.82) is 0 Å². The number of anilines is 1. The number of carbonyl (C=O) groups is 1. The SMILES string of the molecule is COC(=O)c1cccc(CN(c2cccc(Cl)c2C)S(=O)O)c1. The lowest BCUT2D eigenvalue weighted by Gasteiger charge is -2.22. The molecule has 0 radical (unpaired) electrons. The first kappa shape index (κ1) is 17.5. The van der Waals surface area contributed by atoms with Crippen molar-refractivity contribution in [2.75, 3.05) is 11.4 Å². The summed E-state index contributed by atoms with van der Waals surface area (Å²) >= 11 is 3.85. The van der Waals surface area contributed by atoms with Crippen molar-refractivity contribution < 1.29 is 18.3 Å². The van der Waals surface area contributed by atoms with E-state index < -0.39 is 17.2 Å². The van der Waals surface area contributed by atoms with Crippen LogP contribution < -0.4 is 4.31 Å². The Labute approximate surface area is 142 Å². The second kappa shape index (κ2) is 7.59. The van der Waals surface area contributed by atoms with Crippen molar-refractivity contribution in [3.05, 3.63) is 64.2 Å². The summed E-state index contributed by atoms with van der Waals surface area (Å²) in [4.78, 5) is 11.6. The lowest BCUT2D eigenvalue weighted by atomic mass is 10.1. The zero-order chi connectivity index (χ0) is 17.0. The molecule has 7 heteroatoms. The van der Waals surface area contributed by atoms with E-state index in [9.17, 15) is 13.6 Å². The summed E-state index contributed by atoms with van der Waals surface area (Å²) < 4.78 is 27.4. The monoisotopic (exact) mass is 353 g/mol. The van der Waals surface area contributed by atoms with Crippen LogP contribution in [0.5, 0.6) is 0 Å². The van der Waals surface area contributed by atoms with Crippen molar-refractivity contribution in [2.24, 2.45) is 0 Å². The molecule has 0 bridgehead atoms. The average molecular weight is 354 g/mol. The second-order valence-electron chi connectivity index (χ2n) is 4.84. The van der Waals surface area contributed by atoms with Crippen LogP contribution in [0.1, 0.15) is 21.5 Å². The van der Waals surface area contributed by atoms with Gasteiger partial charge in [0.15, 0.2) is 0 Å². The van der Waals surface area contributed by atoms with E-state index in [2.05, 4.69) is 4.74 Å². The van der Waals surface area contributed by atoms with Crippen LogP contribution in [-0.4, -0.2) is 21.8 Å². The minimum Gasteiger partial charge on any atom is -0.465 e. The van der Waals surface area contributed by atoms with Crippen LogP contribution in [-0.2, 0) is 22.5 Å². The fourth-order valence-corrected chi connectivity index (χ4v) is 2.97. The Morgan fingerprint density at radius 1 is 1.30 bits per heavy atom. The summed E-state index contributed by atoms with van der Waals surface area (Å²) in [6.45, 7) is 1.93. The Morgan fingerprint density at radius 2 is 2.00 bits per heavy atom. The molecule has 1 unspecified atom stereocenters.